The quantitative estimate of drug-likeness (QED) is 0.310. The minimum Gasteiger partial charge on any atom is -0.449 e. The first-order valence-electron chi connectivity index (χ1n) is 10.1. The van der Waals surface area contributed by atoms with Crippen LogP contribution in [0.1, 0.15) is 13.8 Å². The lowest BCUT2D eigenvalue weighted by Gasteiger charge is -2.40. The van der Waals surface area contributed by atoms with Crippen molar-refractivity contribution < 1.29 is 23.9 Å². The molecule has 2 saturated heterocycles. The average molecular weight is 437 g/mol. The number of nitrogens with one attached hydrogen (secondary N) is 1. The number of carbonyl (C=O) groups excluding carboxylic acids is 3. The van der Waals surface area contributed by atoms with Crippen LogP contribution in [0.25, 0.3) is 0 Å². The summed E-state index contributed by atoms with van der Waals surface area (Å²) < 4.78 is 11.2. The van der Waals surface area contributed by atoms with Gasteiger partial charge in [0.15, 0.2) is 5.72 Å². The van der Waals surface area contributed by atoms with Crippen LogP contribution in [0.3, 0.4) is 0 Å². The topological polar surface area (TPSA) is 114 Å². The standard InChI is InChI=1S/C20H28N4O5S/c1-5-30-7-6-22-14-10(2)16(25)15-13(17(14)26)11(9-29-19(21)27)20(28-4)18-12(23(18)3)8-24(15)20/h11-12,18,22H,5-9H2,1-4H3,(H2,21,27)/t11-,12+,18+,20-,23?/m1/s1. The van der Waals surface area contributed by atoms with Gasteiger partial charge in [-0.15, -0.1) is 0 Å². The van der Waals surface area contributed by atoms with Gasteiger partial charge in [-0.2, -0.15) is 11.8 Å². The van der Waals surface area contributed by atoms with Crippen molar-refractivity contribution >= 4 is 29.4 Å². The smallest absolute Gasteiger partial charge is 0.404 e. The van der Waals surface area contributed by atoms with Gasteiger partial charge in [0.1, 0.15) is 6.61 Å². The molecule has 5 atom stereocenters. The van der Waals surface area contributed by atoms with E-state index in [0.717, 1.165) is 11.5 Å². The van der Waals surface area contributed by atoms with Gasteiger partial charge in [-0.05, 0) is 19.7 Å². The number of hydrogen-bond acceptors (Lipinski definition) is 9. The third kappa shape index (κ3) is 2.80. The molecule has 0 spiro atoms. The third-order valence-electron chi connectivity index (χ3n) is 6.70. The van der Waals surface area contributed by atoms with Crippen molar-refractivity contribution in [2.45, 2.75) is 31.7 Å². The van der Waals surface area contributed by atoms with E-state index in [1.54, 1.807) is 25.8 Å². The summed E-state index contributed by atoms with van der Waals surface area (Å²) in [6.07, 6.45) is -0.920. The molecule has 164 valence electrons. The molecule has 0 saturated carbocycles. The summed E-state index contributed by atoms with van der Waals surface area (Å²) in [5.41, 5.74) is 5.77. The first-order valence-corrected chi connectivity index (χ1v) is 11.3. The van der Waals surface area contributed by atoms with E-state index in [2.05, 4.69) is 17.1 Å². The van der Waals surface area contributed by atoms with Gasteiger partial charge in [-0.1, -0.05) is 6.92 Å². The highest BCUT2D eigenvalue weighted by Gasteiger charge is 2.75. The number of nitrogens with zero attached hydrogens (tertiary/aromatic N) is 2. The van der Waals surface area contributed by atoms with Crippen molar-refractivity contribution in [1.29, 1.82) is 0 Å². The molecular formula is C20H28N4O5S. The highest BCUT2D eigenvalue weighted by molar-refractivity contribution is 7.99. The predicted molar refractivity (Wildman–Crippen MR) is 112 cm³/mol. The first-order chi connectivity index (χ1) is 14.3. The fourth-order valence-corrected chi connectivity index (χ4v) is 5.85. The van der Waals surface area contributed by atoms with Crippen molar-refractivity contribution in [3.05, 3.63) is 22.5 Å². The molecule has 3 N–H and O–H groups in total. The van der Waals surface area contributed by atoms with Gasteiger partial charge in [0.05, 0.1) is 23.4 Å². The Bertz CT molecular complexity index is 871. The molecular weight excluding hydrogens is 408 g/mol. The summed E-state index contributed by atoms with van der Waals surface area (Å²) >= 11 is 1.76. The number of Topliss-reactive ketones (excluding diaryl/α,β-unsaturated/α-hetero) is 2. The molecule has 0 aromatic carbocycles. The second-order valence-electron chi connectivity index (χ2n) is 7.97. The Hall–Kier alpha value is -2.04. The molecule has 30 heavy (non-hydrogen) atoms. The molecule has 1 aliphatic carbocycles. The number of piperazine rings is 1. The summed E-state index contributed by atoms with van der Waals surface area (Å²) in [6, 6.07) is 0.237. The number of rotatable bonds is 8. The number of thioether (sulfide) groups is 1. The van der Waals surface area contributed by atoms with E-state index in [0.29, 0.717) is 35.6 Å². The maximum Gasteiger partial charge on any atom is 0.404 e. The van der Waals surface area contributed by atoms with Gasteiger partial charge in [0, 0.05) is 43.1 Å². The number of likely N-dealkylation sites (N-methyl/N-ethyl adjacent to an activating group) is 1. The molecule has 10 heteroatoms. The Morgan fingerprint density at radius 2 is 2.10 bits per heavy atom. The lowest BCUT2D eigenvalue weighted by atomic mass is 9.82. The first kappa shape index (κ1) is 21.2. The Balaban J connectivity index is 1.71. The Kier molecular flexibility index (Phi) is 5.36. The van der Waals surface area contributed by atoms with Crippen molar-refractivity contribution in [3.63, 3.8) is 0 Å². The van der Waals surface area contributed by atoms with E-state index in [4.69, 9.17) is 15.2 Å². The number of ether oxygens (including phenoxy) is 2. The normalized spacial score (nSPS) is 34.2. The molecule has 4 aliphatic rings. The lowest BCUT2D eigenvalue weighted by molar-refractivity contribution is -0.144. The number of allylic oxidation sites excluding steroid dienone is 2. The molecule has 0 aromatic heterocycles. The van der Waals surface area contributed by atoms with E-state index in [-0.39, 0.29) is 30.3 Å². The maximum absolute atomic E-state index is 13.6. The molecule has 9 nitrogen and oxygen atoms in total. The molecule has 3 heterocycles. The number of ketones is 2. The molecule has 0 radical (unpaired) electrons. The minimum absolute atomic E-state index is 0.00726. The second kappa shape index (κ2) is 7.58. The van der Waals surface area contributed by atoms with Crippen molar-refractivity contribution in [2.24, 2.45) is 11.7 Å². The van der Waals surface area contributed by atoms with Gasteiger partial charge >= 0.3 is 6.09 Å². The molecule has 0 bridgehead atoms. The van der Waals surface area contributed by atoms with Gasteiger partial charge in [-0.25, -0.2) is 4.79 Å². The van der Waals surface area contributed by atoms with Crippen LogP contribution in [0.2, 0.25) is 0 Å². The molecule has 0 aromatic rings. The van der Waals surface area contributed by atoms with E-state index in [1.807, 2.05) is 11.9 Å². The SMILES string of the molecule is CCSCCNC1=C(C)C(=O)C2=C(C1=O)[C@@H](COC(N)=O)[C@@]1(OC)[C@@H]3[C@H](CN21)N3C. The molecule has 1 unspecified atom stereocenters. The molecule has 1 amide bonds. The summed E-state index contributed by atoms with van der Waals surface area (Å²) in [4.78, 5) is 42.4. The largest absolute Gasteiger partial charge is 0.449 e. The summed E-state index contributed by atoms with van der Waals surface area (Å²) in [5.74, 6) is 0.804. The third-order valence-corrected chi connectivity index (χ3v) is 7.60. The van der Waals surface area contributed by atoms with Gasteiger partial charge in [0.25, 0.3) is 0 Å². The van der Waals surface area contributed by atoms with E-state index in [1.165, 1.54) is 0 Å². The summed E-state index contributed by atoms with van der Waals surface area (Å²) in [7, 11) is 3.57. The van der Waals surface area contributed by atoms with Gasteiger partial charge < -0.3 is 25.4 Å². The van der Waals surface area contributed by atoms with Gasteiger partial charge in [-0.3, -0.25) is 14.5 Å². The van der Waals surface area contributed by atoms with Crippen LogP contribution in [-0.4, -0.2) is 90.6 Å². The van der Waals surface area contributed by atoms with Crippen LogP contribution >= 0.6 is 11.8 Å². The number of primary amides is 1. The van der Waals surface area contributed by atoms with E-state index < -0.39 is 17.7 Å². The highest BCUT2D eigenvalue weighted by Crippen LogP contribution is 2.59. The molecule has 2 fully saturated rings. The van der Waals surface area contributed by atoms with Crippen LogP contribution in [0.15, 0.2) is 22.5 Å². The lowest BCUT2D eigenvalue weighted by Crippen LogP contribution is -2.55. The monoisotopic (exact) mass is 436 g/mol. The van der Waals surface area contributed by atoms with E-state index >= 15 is 0 Å². The number of methoxy groups -OCH3 is 1. The highest BCUT2D eigenvalue weighted by atomic mass is 32.2. The second-order valence-corrected chi connectivity index (χ2v) is 9.36. The number of fused-ring (bicyclic) bond motifs is 4. The van der Waals surface area contributed by atoms with Crippen LogP contribution in [0.4, 0.5) is 4.79 Å². The summed E-state index contributed by atoms with van der Waals surface area (Å²) in [5, 5.41) is 3.16. The van der Waals surface area contributed by atoms with Gasteiger partial charge in [0.2, 0.25) is 11.6 Å². The van der Waals surface area contributed by atoms with E-state index in [9.17, 15) is 14.4 Å². The zero-order valence-electron chi connectivity index (χ0n) is 17.7. The Labute approximate surface area is 180 Å². The zero-order valence-corrected chi connectivity index (χ0v) is 18.5. The average Bonchev–Trinajstić information content (AvgIpc) is 3.10. The zero-order chi connectivity index (χ0) is 21.8. The van der Waals surface area contributed by atoms with Crippen molar-refractivity contribution in [1.82, 2.24) is 15.1 Å². The van der Waals surface area contributed by atoms with Crippen molar-refractivity contribution in [3.8, 4) is 0 Å². The fourth-order valence-electron chi connectivity index (χ4n) is 5.32. The summed E-state index contributed by atoms with van der Waals surface area (Å²) in [6.45, 7) is 4.81. The number of hydrogen-bond donors (Lipinski definition) is 2. The number of carbonyl (C=O) groups is 3. The van der Waals surface area contributed by atoms with Crippen LogP contribution in [-0.2, 0) is 19.1 Å². The number of amides is 1. The minimum atomic E-state index is -0.932. The number of nitrogens with two attached hydrogens (primary N) is 1. The Morgan fingerprint density at radius 3 is 2.73 bits per heavy atom. The molecule has 3 aliphatic heterocycles. The van der Waals surface area contributed by atoms with Crippen molar-refractivity contribution in [2.75, 3.05) is 45.4 Å². The fraction of sp³-hybridized carbons (Fsp3) is 0.650. The van der Waals surface area contributed by atoms with Crippen LogP contribution in [0.5, 0.6) is 0 Å². The van der Waals surface area contributed by atoms with Crippen LogP contribution < -0.4 is 11.1 Å². The van der Waals surface area contributed by atoms with Crippen LogP contribution in [0, 0.1) is 5.92 Å². The Morgan fingerprint density at radius 1 is 1.37 bits per heavy atom. The molecule has 4 rings (SSSR count). The predicted octanol–water partition coefficient (Wildman–Crippen LogP) is 0.0750. The maximum atomic E-state index is 13.6.